The first-order valence-corrected chi connectivity index (χ1v) is 6.91. The number of rotatable bonds is 3. The molecule has 1 aromatic carbocycles. The molecule has 2 nitrogen and oxygen atoms in total. The van der Waals surface area contributed by atoms with Crippen molar-refractivity contribution < 1.29 is 17.9 Å². The minimum Gasteiger partial charge on any atom is -0.481 e. The lowest BCUT2D eigenvalue weighted by Gasteiger charge is -2.12. The topological polar surface area (TPSA) is 21.6 Å². The van der Waals surface area contributed by atoms with E-state index < -0.39 is 11.7 Å². The van der Waals surface area contributed by atoms with Crippen LogP contribution in [0.1, 0.15) is 26.3 Å². The van der Waals surface area contributed by atoms with Crippen molar-refractivity contribution in [2.75, 3.05) is 6.61 Å². The molecule has 0 radical (unpaired) electrons. The lowest BCUT2D eigenvalue weighted by Crippen LogP contribution is -2.12. The normalized spacial score (nSPS) is 12.9. The highest BCUT2D eigenvalue weighted by molar-refractivity contribution is 14.1. The number of nitrogens with zero attached hydrogens (tertiary/aromatic N) is 1. The zero-order valence-corrected chi connectivity index (χ0v) is 13.0. The van der Waals surface area contributed by atoms with Crippen LogP contribution in [0, 0.1) is 9.49 Å². The van der Waals surface area contributed by atoms with E-state index in [1.54, 1.807) is 28.7 Å². The van der Waals surface area contributed by atoms with E-state index in [1.165, 1.54) is 6.07 Å². The van der Waals surface area contributed by atoms with E-state index in [0.29, 0.717) is 12.5 Å². The Morgan fingerprint density at radius 3 is 2.47 bits per heavy atom. The highest BCUT2D eigenvalue weighted by atomic mass is 127. The van der Waals surface area contributed by atoms with Gasteiger partial charge in [0.2, 0.25) is 0 Å². The number of hydrogen-bond acceptors (Lipinski definition) is 2. The molecule has 0 unspecified atom stereocenters. The molecule has 106 valence electrons. The fourth-order valence-electron chi connectivity index (χ4n) is 1.40. The molecule has 0 amide bonds. The van der Waals surface area contributed by atoms with E-state index in [4.69, 9.17) is 4.74 Å². The second-order valence-corrected chi connectivity index (χ2v) is 5.36. The standard InChI is InChI=1S/C13H15F3INO/c1-4-19-12(8(2)3)18-9-5-6-11(17)10(7-9)13(14,15)16/h5-8H,4H2,1-3H3/b18-12-. The molecule has 0 aromatic heterocycles. The maximum absolute atomic E-state index is 12.8. The van der Waals surface area contributed by atoms with Gasteiger partial charge in [0.15, 0.2) is 5.90 Å². The van der Waals surface area contributed by atoms with Gasteiger partial charge in [0.1, 0.15) is 0 Å². The summed E-state index contributed by atoms with van der Waals surface area (Å²) in [6.45, 7) is 6.01. The Hall–Kier alpha value is -0.790. The summed E-state index contributed by atoms with van der Waals surface area (Å²) in [5.41, 5.74) is -0.418. The first-order valence-electron chi connectivity index (χ1n) is 5.83. The van der Waals surface area contributed by atoms with Gasteiger partial charge in [-0.1, -0.05) is 13.8 Å². The van der Waals surface area contributed by atoms with E-state index in [0.717, 1.165) is 6.07 Å². The highest BCUT2D eigenvalue weighted by Crippen LogP contribution is 2.35. The van der Waals surface area contributed by atoms with Crippen molar-refractivity contribution in [2.45, 2.75) is 26.9 Å². The van der Waals surface area contributed by atoms with Crippen molar-refractivity contribution in [1.82, 2.24) is 0 Å². The van der Waals surface area contributed by atoms with Gasteiger partial charge in [0, 0.05) is 9.49 Å². The Morgan fingerprint density at radius 2 is 2.00 bits per heavy atom. The van der Waals surface area contributed by atoms with Crippen molar-refractivity contribution >= 4 is 34.2 Å². The third kappa shape index (κ3) is 4.67. The summed E-state index contributed by atoms with van der Waals surface area (Å²) in [5.74, 6) is 0.463. The Kier molecular flexibility index (Phi) is 5.64. The predicted octanol–water partition coefficient (Wildman–Crippen LogP) is 5.03. The largest absolute Gasteiger partial charge is 0.481 e. The molecule has 0 aliphatic carbocycles. The van der Waals surface area contributed by atoms with Gasteiger partial charge in [-0.05, 0) is 47.7 Å². The number of hydrogen-bond donors (Lipinski definition) is 0. The van der Waals surface area contributed by atoms with Crippen molar-refractivity contribution in [1.29, 1.82) is 0 Å². The molecule has 0 saturated heterocycles. The van der Waals surface area contributed by atoms with Gasteiger partial charge in [-0.25, -0.2) is 4.99 Å². The average Bonchev–Trinajstić information content (AvgIpc) is 2.29. The molecule has 1 aromatic rings. The van der Waals surface area contributed by atoms with Crippen LogP contribution in [0.25, 0.3) is 0 Å². The molecule has 1 rings (SSSR count). The number of halogens is 4. The summed E-state index contributed by atoms with van der Waals surface area (Å²) in [7, 11) is 0. The molecular weight excluding hydrogens is 370 g/mol. The minimum absolute atomic E-state index is 0.0218. The number of benzene rings is 1. The summed E-state index contributed by atoms with van der Waals surface area (Å²) >= 11 is 1.67. The molecule has 0 heterocycles. The molecule has 0 fully saturated rings. The van der Waals surface area contributed by atoms with Gasteiger partial charge in [0.25, 0.3) is 0 Å². The van der Waals surface area contributed by atoms with Crippen LogP contribution in [0.4, 0.5) is 18.9 Å². The lowest BCUT2D eigenvalue weighted by atomic mass is 10.2. The van der Waals surface area contributed by atoms with Crippen LogP contribution in [-0.2, 0) is 10.9 Å². The van der Waals surface area contributed by atoms with E-state index in [2.05, 4.69) is 4.99 Å². The molecule has 19 heavy (non-hydrogen) atoms. The summed E-state index contributed by atoms with van der Waals surface area (Å²) < 4.78 is 43.9. The van der Waals surface area contributed by atoms with Crippen LogP contribution in [0.5, 0.6) is 0 Å². The van der Waals surface area contributed by atoms with Crippen molar-refractivity contribution in [3.63, 3.8) is 0 Å². The smallest absolute Gasteiger partial charge is 0.417 e. The maximum atomic E-state index is 12.8. The summed E-state index contributed by atoms with van der Waals surface area (Å²) in [5, 5.41) is 0. The van der Waals surface area contributed by atoms with Crippen LogP contribution >= 0.6 is 22.6 Å². The fourth-order valence-corrected chi connectivity index (χ4v) is 2.04. The molecule has 0 saturated carbocycles. The summed E-state index contributed by atoms with van der Waals surface area (Å²) in [6, 6.07) is 4.01. The second kappa shape index (κ2) is 6.58. The minimum atomic E-state index is -4.37. The number of ether oxygens (including phenoxy) is 1. The van der Waals surface area contributed by atoms with Gasteiger partial charge in [0.05, 0.1) is 17.9 Å². The Labute approximate surface area is 124 Å². The van der Waals surface area contributed by atoms with Crippen LogP contribution < -0.4 is 0 Å². The molecule has 6 heteroatoms. The average molecular weight is 385 g/mol. The number of alkyl halides is 3. The summed E-state index contributed by atoms with van der Waals surface area (Å²) in [4.78, 5) is 4.15. The first-order chi connectivity index (χ1) is 8.75. The molecule has 0 atom stereocenters. The predicted molar refractivity (Wildman–Crippen MR) is 77.7 cm³/mol. The van der Waals surface area contributed by atoms with Crippen LogP contribution in [0.15, 0.2) is 23.2 Å². The van der Waals surface area contributed by atoms with Gasteiger partial charge >= 0.3 is 6.18 Å². The third-order valence-electron chi connectivity index (χ3n) is 2.28. The second-order valence-electron chi connectivity index (χ2n) is 4.20. The monoisotopic (exact) mass is 385 g/mol. The SMILES string of the molecule is CCO/C(=N\c1ccc(I)c(C(F)(F)F)c1)C(C)C. The van der Waals surface area contributed by atoms with E-state index >= 15 is 0 Å². The van der Waals surface area contributed by atoms with Gasteiger partial charge in [-0.2, -0.15) is 13.2 Å². The molecule has 0 bridgehead atoms. The van der Waals surface area contributed by atoms with E-state index in [1.807, 2.05) is 20.8 Å². The maximum Gasteiger partial charge on any atom is 0.417 e. The van der Waals surface area contributed by atoms with Crippen molar-refractivity contribution in [2.24, 2.45) is 10.9 Å². The van der Waals surface area contributed by atoms with E-state index in [9.17, 15) is 13.2 Å². The van der Waals surface area contributed by atoms with Gasteiger partial charge in [-0.15, -0.1) is 0 Å². The first kappa shape index (κ1) is 16.3. The van der Waals surface area contributed by atoms with Crippen LogP contribution in [0.2, 0.25) is 0 Å². The van der Waals surface area contributed by atoms with Crippen molar-refractivity contribution in [3.05, 3.63) is 27.3 Å². The third-order valence-corrected chi connectivity index (χ3v) is 3.22. The summed E-state index contributed by atoms with van der Waals surface area (Å²) in [6.07, 6.45) is -4.37. The Balaban J connectivity index is 3.18. The van der Waals surface area contributed by atoms with Gasteiger partial charge in [-0.3, -0.25) is 0 Å². The van der Waals surface area contributed by atoms with Crippen LogP contribution in [0.3, 0.4) is 0 Å². The zero-order chi connectivity index (χ0) is 14.6. The molecule has 0 spiro atoms. The molecule has 0 aliphatic rings. The van der Waals surface area contributed by atoms with Crippen molar-refractivity contribution in [3.8, 4) is 0 Å². The molecule has 0 N–H and O–H groups in total. The van der Waals surface area contributed by atoms with Crippen LogP contribution in [-0.4, -0.2) is 12.5 Å². The molecular formula is C13H15F3INO. The lowest BCUT2D eigenvalue weighted by molar-refractivity contribution is -0.138. The Morgan fingerprint density at radius 1 is 1.37 bits per heavy atom. The van der Waals surface area contributed by atoms with E-state index in [-0.39, 0.29) is 15.2 Å². The Bertz CT molecular complexity index is 469. The number of aliphatic imine (C=N–C) groups is 1. The molecule has 0 aliphatic heterocycles. The highest BCUT2D eigenvalue weighted by Gasteiger charge is 2.33. The zero-order valence-electron chi connectivity index (χ0n) is 10.9. The fraction of sp³-hybridized carbons (Fsp3) is 0.462. The van der Waals surface area contributed by atoms with Gasteiger partial charge < -0.3 is 4.74 Å². The quantitative estimate of drug-likeness (QED) is 0.406.